The zero-order valence-electron chi connectivity index (χ0n) is 11.7. The van der Waals surface area contributed by atoms with Crippen molar-refractivity contribution in [3.05, 3.63) is 60.0 Å². The Balaban J connectivity index is 0.00000161. The molecule has 2 heterocycles. The van der Waals surface area contributed by atoms with Crippen molar-refractivity contribution in [3.8, 4) is 0 Å². The first-order valence-electron chi connectivity index (χ1n) is 6.74. The lowest BCUT2D eigenvalue weighted by molar-refractivity contribution is 0.696. The molecule has 1 aromatic carbocycles. The van der Waals surface area contributed by atoms with Crippen molar-refractivity contribution < 1.29 is 0 Å². The van der Waals surface area contributed by atoms with Gasteiger partial charge in [0.05, 0.1) is 16.2 Å². The summed E-state index contributed by atoms with van der Waals surface area (Å²) in [5.74, 6) is 0. The summed E-state index contributed by atoms with van der Waals surface area (Å²) < 4.78 is 2.15. The van der Waals surface area contributed by atoms with E-state index in [1.807, 2.05) is 6.07 Å². The van der Waals surface area contributed by atoms with Gasteiger partial charge in [-0.15, -0.1) is 12.4 Å². The Morgan fingerprint density at radius 3 is 2.76 bits per heavy atom. The molecular weight excluding hydrogens is 305 g/mol. The Morgan fingerprint density at radius 2 is 2.00 bits per heavy atom. The quantitative estimate of drug-likeness (QED) is 0.688. The highest BCUT2D eigenvalue weighted by atomic mass is 35.5. The Bertz CT molecular complexity index is 724. The summed E-state index contributed by atoms with van der Waals surface area (Å²) >= 11 is 6.31. The third-order valence-electron chi connectivity index (χ3n) is 3.30. The summed E-state index contributed by atoms with van der Waals surface area (Å²) in [6.07, 6.45) is 6.57. The molecule has 3 rings (SSSR count). The topological polar surface area (TPSA) is 21.1 Å². The number of halogens is 2. The van der Waals surface area contributed by atoms with Gasteiger partial charge in [0.2, 0.25) is 0 Å². The fraction of sp³-hybridized carbons (Fsp3) is 0.188. The fourth-order valence-electron chi connectivity index (χ4n) is 2.41. The van der Waals surface area contributed by atoms with E-state index in [2.05, 4.69) is 58.1 Å². The molecule has 3 aromatic rings. The van der Waals surface area contributed by atoms with E-state index in [4.69, 9.17) is 11.6 Å². The van der Waals surface area contributed by atoms with Crippen LogP contribution in [0, 0.1) is 0 Å². The van der Waals surface area contributed by atoms with E-state index in [0.29, 0.717) is 5.02 Å². The summed E-state index contributed by atoms with van der Waals surface area (Å²) in [6.45, 7) is 3.05. The van der Waals surface area contributed by atoms with Gasteiger partial charge in [0.25, 0.3) is 0 Å². The third kappa shape index (κ3) is 2.99. The van der Waals surface area contributed by atoms with Crippen LogP contribution in [-0.2, 0) is 0 Å². The van der Waals surface area contributed by atoms with Crippen molar-refractivity contribution in [2.24, 2.45) is 0 Å². The minimum atomic E-state index is 0. The second-order valence-corrected chi connectivity index (χ2v) is 5.08. The van der Waals surface area contributed by atoms with Crippen LogP contribution in [0.3, 0.4) is 0 Å². The van der Waals surface area contributed by atoms with Crippen molar-refractivity contribution in [2.45, 2.75) is 13.3 Å². The van der Waals surface area contributed by atoms with E-state index in [9.17, 15) is 0 Å². The van der Waals surface area contributed by atoms with Gasteiger partial charge in [-0.1, -0.05) is 36.7 Å². The lowest BCUT2D eigenvalue weighted by Gasteiger charge is -2.27. The minimum absolute atomic E-state index is 0. The molecule has 0 unspecified atom stereocenters. The molecule has 0 aliphatic rings. The van der Waals surface area contributed by atoms with Crippen molar-refractivity contribution in [3.63, 3.8) is 0 Å². The summed E-state index contributed by atoms with van der Waals surface area (Å²) in [4.78, 5) is 4.06. The first-order chi connectivity index (χ1) is 9.81. The molecule has 0 atom stereocenters. The monoisotopic (exact) mass is 321 g/mol. The predicted molar refractivity (Wildman–Crippen MR) is 91.5 cm³/mol. The number of benzene rings is 1. The number of fused-ring (bicyclic) bond motifs is 1. The molecule has 21 heavy (non-hydrogen) atoms. The van der Waals surface area contributed by atoms with Crippen LogP contribution in [0.1, 0.15) is 13.3 Å². The zero-order chi connectivity index (χ0) is 13.9. The molecule has 0 saturated carbocycles. The maximum absolute atomic E-state index is 6.31. The molecule has 0 fully saturated rings. The molecule has 2 aromatic heterocycles. The average molecular weight is 322 g/mol. The summed E-state index contributed by atoms with van der Waals surface area (Å²) in [6, 6.07) is 12.4. The number of rotatable bonds is 4. The maximum atomic E-state index is 6.31. The number of anilines is 1. The fourth-order valence-corrected chi connectivity index (χ4v) is 2.63. The van der Waals surface area contributed by atoms with E-state index in [0.717, 1.165) is 18.7 Å². The largest absolute Gasteiger partial charge is 0.280 e. The summed E-state index contributed by atoms with van der Waals surface area (Å²) in [5.41, 5.74) is 2.15. The van der Waals surface area contributed by atoms with Gasteiger partial charge >= 0.3 is 0 Å². The molecule has 0 aliphatic heterocycles. The summed E-state index contributed by atoms with van der Waals surface area (Å²) in [7, 11) is 0. The number of para-hydroxylation sites is 1. The molecule has 0 N–H and O–H groups in total. The van der Waals surface area contributed by atoms with Gasteiger partial charge in [0.1, 0.15) is 0 Å². The molecular formula is C16H17Cl2N3. The minimum Gasteiger partial charge on any atom is -0.280 e. The van der Waals surface area contributed by atoms with E-state index in [1.54, 1.807) is 12.4 Å². The number of nitrogens with zero attached hydrogens (tertiary/aromatic N) is 3. The van der Waals surface area contributed by atoms with Crippen LogP contribution < -0.4 is 5.01 Å². The number of pyridine rings is 1. The molecule has 0 aliphatic carbocycles. The smallest absolute Gasteiger partial charge is 0.0841 e. The van der Waals surface area contributed by atoms with Crippen molar-refractivity contribution >= 4 is 40.6 Å². The standard InChI is InChI=1S/C16H16ClN3.ClH/c1-2-10-19(16-7-9-18-12-14(16)17)20-11-8-13-5-3-4-6-15(13)20;/h3-9,11-12H,2,10H2,1H3;1H. The van der Waals surface area contributed by atoms with Crippen LogP contribution in [0.15, 0.2) is 55.0 Å². The van der Waals surface area contributed by atoms with Crippen molar-refractivity contribution in [1.82, 2.24) is 9.66 Å². The lowest BCUT2D eigenvalue weighted by atomic mass is 10.2. The molecule has 110 valence electrons. The average Bonchev–Trinajstić information content (AvgIpc) is 2.90. The maximum Gasteiger partial charge on any atom is 0.0841 e. The molecule has 0 radical (unpaired) electrons. The van der Waals surface area contributed by atoms with Gasteiger partial charge in [-0.3, -0.25) is 14.7 Å². The first kappa shape index (κ1) is 15.7. The van der Waals surface area contributed by atoms with Gasteiger partial charge in [0.15, 0.2) is 0 Å². The Hall–Kier alpha value is -1.71. The first-order valence-corrected chi connectivity index (χ1v) is 7.12. The Kier molecular flexibility index (Phi) is 5.10. The van der Waals surface area contributed by atoms with Gasteiger partial charge in [0, 0.05) is 30.5 Å². The SMILES string of the molecule is CCCN(c1ccncc1Cl)n1ccc2ccccc21.Cl. The Labute approximate surface area is 135 Å². The van der Waals surface area contributed by atoms with E-state index < -0.39 is 0 Å². The zero-order valence-corrected chi connectivity index (χ0v) is 13.3. The molecule has 0 spiro atoms. The lowest BCUT2D eigenvalue weighted by Crippen LogP contribution is -2.29. The predicted octanol–water partition coefficient (Wildman–Crippen LogP) is 4.79. The second kappa shape index (κ2) is 6.83. The van der Waals surface area contributed by atoms with Gasteiger partial charge in [-0.2, -0.15) is 0 Å². The molecule has 0 saturated heterocycles. The van der Waals surface area contributed by atoms with Crippen LogP contribution in [0.5, 0.6) is 0 Å². The number of aromatic nitrogens is 2. The number of hydrogen-bond donors (Lipinski definition) is 0. The van der Waals surface area contributed by atoms with Crippen LogP contribution >= 0.6 is 24.0 Å². The number of hydrogen-bond acceptors (Lipinski definition) is 2. The van der Waals surface area contributed by atoms with E-state index in [-0.39, 0.29) is 12.4 Å². The summed E-state index contributed by atoms with van der Waals surface area (Å²) in [5, 5.41) is 4.07. The highest BCUT2D eigenvalue weighted by Gasteiger charge is 2.13. The van der Waals surface area contributed by atoms with Crippen molar-refractivity contribution in [1.29, 1.82) is 0 Å². The van der Waals surface area contributed by atoms with Crippen molar-refractivity contribution in [2.75, 3.05) is 11.6 Å². The van der Waals surface area contributed by atoms with E-state index in [1.165, 1.54) is 10.9 Å². The highest BCUT2D eigenvalue weighted by Crippen LogP contribution is 2.27. The van der Waals surface area contributed by atoms with Gasteiger partial charge < -0.3 is 0 Å². The molecule has 0 bridgehead atoms. The van der Waals surface area contributed by atoms with Crippen LogP contribution in [0.25, 0.3) is 10.9 Å². The Morgan fingerprint density at radius 1 is 1.19 bits per heavy atom. The van der Waals surface area contributed by atoms with E-state index >= 15 is 0 Å². The molecule has 3 nitrogen and oxygen atoms in total. The second-order valence-electron chi connectivity index (χ2n) is 4.67. The van der Waals surface area contributed by atoms with Crippen LogP contribution in [0.4, 0.5) is 5.69 Å². The third-order valence-corrected chi connectivity index (χ3v) is 3.59. The highest BCUT2D eigenvalue weighted by molar-refractivity contribution is 6.33. The molecule has 5 heteroatoms. The van der Waals surface area contributed by atoms with Gasteiger partial charge in [-0.25, -0.2) is 0 Å². The van der Waals surface area contributed by atoms with Crippen LogP contribution in [0.2, 0.25) is 5.02 Å². The normalized spacial score (nSPS) is 10.4. The molecule has 0 amide bonds. The van der Waals surface area contributed by atoms with Gasteiger partial charge in [-0.05, 0) is 24.6 Å². The van der Waals surface area contributed by atoms with Crippen LogP contribution in [-0.4, -0.2) is 16.2 Å².